The minimum absolute atomic E-state index is 0.376. The molecule has 1 N–H and O–H groups in total. The van der Waals surface area contributed by atoms with Gasteiger partial charge in [0.05, 0.1) is 5.56 Å². The van der Waals surface area contributed by atoms with Crippen LogP contribution in [0.15, 0.2) is 16.4 Å². The smallest absolute Gasteiger partial charge is 0.319 e. The first-order chi connectivity index (χ1) is 6.20. The first-order valence-corrected chi connectivity index (χ1v) is 4.47. The number of carbonyl (C=O) groups is 2. The van der Waals surface area contributed by atoms with Gasteiger partial charge in [-0.2, -0.15) is 0 Å². The van der Waals surface area contributed by atoms with Crippen LogP contribution in [-0.4, -0.2) is 23.1 Å². The summed E-state index contributed by atoms with van der Waals surface area (Å²) < 4.78 is 0. The molecule has 1 aromatic rings. The summed E-state index contributed by atoms with van der Waals surface area (Å²) in [5.41, 5.74) is 0.417. The Bertz CT molecular complexity index is 407. The van der Waals surface area contributed by atoms with E-state index in [4.69, 9.17) is 5.11 Å². The Morgan fingerprint density at radius 1 is 1.62 bits per heavy atom. The summed E-state index contributed by atoms with van der Waals surface area (Å²) in [6, 6.07) is 1.61. The number of ketones is 1. The second kappa shape index (κ2) is 2.77. The molecule has 13 heavy (non-hydrogen) atoms. The number of hydrogen-bond acceptors (Lipinski definition) is 4. The fourth-order valence-corrected chi connectivity index (χ4v) is 1.89. The van der Waals surface area contributed by atoms with E-state index in [1.165, 1.54) is 17.6 Å². The Hall–Kier alpha value is -1.49. The Balaban J connectivity index is 2.47. The Morgan fingerprint density at radius 3 is 3.08 bits per heavy atom. The number of nitrogens with zero attached hydrogens (tertiary/aromatic N) is 1. The molecule has 0 aromatic carbocycles. The molecule has 0 fully saturated rings. The normalized spacial score (nSPS) is 20.0. The monoisotopic (exact) mass is 195 g/mol. The van der Waals surface area contributed by atoms with Gasteiger partial charge < -0.3 is 5.11 Å². The van der Waals surface area contributed by atoms with E-state index in [9.17, 15) is 9.59 Å². The average molecular weight is 195 g/mol. The van der Waals surface area contributed by atoms with Gasteiger partial charge in [0.15, 0.2) is 11.7 Å². The maximum atomic E-state index is 11.5. The molecule has 0 radical (unpaired) electrons. The summed E-state index contributed by atoms with van der Waals surface area (Å²) in [6.07, 6.45) is 1.18. The van der Waals surface area contributed by atoms with Crippen LogP contribution in [0.2, 0.25) is 0 Å². The van der Waals surface area contributed by atoms with E-state index in [-0.39, 0.29) is 5.78 Å². The number of carboxylic acids is 1. The molecule has 0 bridgehead atoms. The summed E-state index contributed by atoms with van der Waals surface area (Å²) in [5, 5.41) is 11.0. The highest BCUT2D eigenvalue weighted by Crippen LogP contribution is 2.31. The maximum Gasteiger partial charge on any atom is 0.319 e. The van der Waals surface area contributed by atoms with Crippen LogP contribution in [0.4, 0.5) is 5.00 Å². The number of fused-ring (bicyclic) bond motifs is 1. The first kappa shape index (κ1) is 8.12. The number of carbonyl (C=O) groups excluding carboxylic acids is 1. The van der Waals surface area contributed by atoms with Gasteiger partial charge in [0.1, 0.15) is 5.00 Å². The van der Waals surface area contributed by atoms with E-state index in [1.807, 2.05) is 0 Å². The number of thiophene rings is 1. The van der Waals surface area contributed by atoms with Crippen LogP contribution in [0.5, 0.6) is 0 Å². The number of aliphatic carboxylic acids is 1. The predicted octanol–water partition coefficient (Wildman–Crippen LogP) is 1.35. The fraction of sp³-hybridized carbons (Fsp3) is 0.125. The van der Waals surface area contributed by atoms with Crippen molar-refractivity contribution < 1.29 is 14.7 Å². The van der Waals surface area contributed by atoms with Gasteiger partial charge in [0.2, 0.25) is 0 Å². The van der Waals surface area contributed by atoms with Gasteiger partial charge in [-0.3, -0.25) is 9.59 Å². The standard InChI is InChI=1S/C8H5NO3S/c10-6-4-1-2-13-7(4)9-3-5(6)8(11)12/h1-3,5H,(H,11,12). The molecular weight excluding hydrogens is 190 g/mol. The zero-order valence-corrected chi connectivity index (χ0v) is 7.25. The minimum atomic E-state index is -1.15. The predicted molar refractivity (Wildman–Crippen MR) is 47.9 cm³/mol. The quantitative estimate of drug-likeness (QED) is 0.688. The van der Waals surface area contributed by atoms with Crippen LogP contribution in [-0.2, 0) is 4.79 Å². The minimum Gasteiger partial charge on any atom is -0.480 e. The van der Waals surface area contributed by atoms with Crippen molar-refractivity contribution in [2.45, 2.75) is 0 Å². The van der Waals surface area contributed by atoms with Crippen molar-refractivity contribution in [3.05, 3.63) is 17.0 Å². The second-order valence-electron chi connectivity index (χ2n) is 2.60. The maximum absolute atomic E-state index is 11.5. The number of carboxylic acid groups (broad SMARTS) is 1. The molecule has 66 valence electrons. The topological polar surface area (TPSA) is 66.7 Å². The van der Waals surface area contributed by atoms with E-state index < -0.39 is 11.9 Å². The molecule has 1 aliphatic heterocycles. The molecule has 0 spiro atoms. The van der Waals surface area contributed by atoms with Crippen LogP contribution < -0.4 is 0 Å². The lowest BCUT2D eigenvalue weighted by Crippen LogP contribution is -2.26. The number of Topliss-reactive ketones (excluding diaryl/α,β-unsaturated/α-hetero) is 1. The second-order valence-corrected chi connectivity index (χ2v) is 3.49. The van der Waals surface area contributed by atoms with Crippen molar-refractivity contribution in [3.8, 4) is 0 Å². The summed E-state index contributed by atoms with van der Waals surface area (Å²) >= 11 is 1.33. The molecule has 0 saturated carbocycles. The van der Waals surface area contributed by atoms with Crippen LogP contribution in [0.3, 0.4) is 0 Å². The van der Waals surface area contributed by atoms with Crippen LogP contribution in [0.25, 0.3) is 0 Å². The van der Waals surface area contributed by atoms with Crippen molar-refractivity contribution in [2.75, 3.05) is 0 Å². The van der Waals surface area contributed by atoms with Crippen molar-refractivity contribution >= 4 is 34.3 Å². The molecular formula is C8H5NO3S. The molecule has 5 heteroatoms. The molecule has 2 rings (SSSR count). The number of hydrogen-bond donors (Lipinski definition) is 1. The van der Waals surface area contributed by atoms with E-state index in [0.717, 1.165) is 0 Å². The van der Waals surface area contributed by atoms with Gasteiger partial charge >= 0.3 is 5.97 Å². The SMILES string of the molecule is O=C(O)C1C=Nc2sccc2C1=O. The lowest BCUT2D eigenvalue weighted by Gasteiger charge is -2.09. The molecule has 4 nitrogen and oxygen atoms in total. The van der Waals surface area contributed by atoms with Gasteiger partial charge in [0.25, 0.3) is 0 Å². The highest BCUT2D eigenvalue weighted by atomic mass is 32.1. The average Bonchev–Trinajstić information content (AvgIpc) is 2.52. The molecule has 0 saturated heterocycles. The van der Waals surface area contributed by atoms with Gasteiger partial charge in [0, 0.05) is 6.21 Å². The molecule has 0 aliphatic carbocycles. The summed E-state index contributed by atoms with van der Waals surface area (Å²) in [5.74, 6) is -2.63. The molecule has 0 amide bonds. The third-order valence-electron chi connectivity index (χ3n) is 1.80. The summed E-state index contributed by atoms with van der Waals surface area (Å²) in [4.78, 5) is 25.9. The zero-order chi connectivity index (χ0) is 9.42. The van der Waals surface area contributed by atoms with E-state index >= 15 is 0 Å². The fourth-order valence-electron chi connectivity index (χ4n) is 1.14. The summed E-state index contributed by atoms with van der Waals surface area (Å²) in [6.45, 7) is 0. The zero-order valence-electron chi connectivity index (χ0n) is 6.43. The largest absolute Gasteiger partial charge is 0.480 e. The van der Waals surface area contributed by atoms with Crippen LogP contribution >= 0.6 is 11.3 Å². The third kappa shape index (κ3) is 1.17. The lowest BCUT2D eigenvalue weighted by molar-refractivity contribution is -0.137. The molecule has 1 aromatic heterocycles. The number of aliphatic imine (C=N–C) groups is 1. The van der Waals surface area contributed by atoms with Crippen molar-refractivity contribution in [3.63, 3.8) is 0 Å². The lowest BCUT2D eigenvalue weighted by atomic mass is 9.98. The third-order valence-corrected chi connectivity index (χ3v) is 2.62. The highest BCUT2D eigenvalue weighted by Gasteiger charge is 2.30. The van der Waals surface area contributed by atoms with Gasteiger partial charge in [-0.15, -0.1) is 11.3 Å². The Kier molecular flexibility index (Phi) is 1.73. The van der Waals surface area contributed by atoms with Crippen molar-refractivity contribution in [1.82, 2.24) is 0 Å². The Labute approximate surface area is 77.5 Å². The van der Waals surface area contributed by atoms with E-state index in [0.29, 0.717) is 10.6 Å². The van der Waals surface area contributed by atoms with E-state index in [2.05, 4.69) is 4.99 Å². The molecule has 2 heterocycles. The van der Waals surface area contributed by atoms with Gasteiger partial charge in [-0.25, -0.2) is 4.99 Å². The summed E-state index contributed by atoms with van der Waals surface area (Å²) in [7, 11) is 0. The molecule has 1 atom stereocenters. The number of rotatable bonds is 1. The Morgan fingerprint density at radius 2 is 2.38 bits per heavy atom. The molecule has 1 unspecified atom stereocenters. The van der Waals surface area contributed by atoms with Gasteiger partial charge in [-0.05, 0) is 11.4 Å². The van der Waals surface area contributed by atoms with E-state index in [1.54, 1.807) is 11.4 Å². The highest BCUT2D eigenvalue weighted by molar-refractivity contribution is 7.14. The van der Waals surface area contributed by atoms with Crippen LogP contribution in [0.1, 0.15) is 10.4 Å². The molecule has 1 aliphatic rings. The van der Waals surface area contributed by atoms with Crippen LogP contribution in [0, 0.1) is 5.92 Å². The van der Waals surface area contributed by atoms with Crippen molar-refractivity contribution in [2.24, 2.45) is 10.9 Å². The van der Waals surface area contributed by atoms with Gasteiger partial charge in [-0.1, -0.05) is 0 Å². The van der Waals surface area contributed by atoms with Crippen molar-refractivity contribution in [1.29, 1.82) is 0 Å². The first-order valence-electron chi connectivity index (χ1n) is 3.59.